The first-order valence-corrected chi connectivity index (χ1v) is 14.6. The number of benzene rings is 3. The highest BCUT2D eigenvalue weighted by Gasteiger charge is 2.62. The number of aromatic nitrogens is 1. The number of anilines is 1. The van der Waals surface area contributed by atoms with E-state index in [2.05, 4.69) is 20.8 Å². The standard InChI is InChI=1S/C33H21ClN4O10/c1-48-17-10-16(39)19-20(25(17)40)27(42)22-21(26(19)41)29(44)33(30(22)45)8-7-14-23(33)28(43)18-15(24(14)34)9-13(36-31(18)46)11-35-38-32(47)37-12-5-3-2-4-6-12/h2-6,9-11,41-43H,7-8H2,1H3,(H,36,46)(H2,37,38,47)/t33-/m0/s1. The Morgan fingerprint density at radius 2 is 1.65 bits per heavy atom. The zero-order valence-corrected chi connectivity index (χ0v) is 25.3. The van der Waals surface area contributed by atoms with Gasteiger partial charge in [-0.3, -0.25) is 24.0 Å². The van der Waals surface area contributed by atoms with Crippen molar-refractivity contribution in [2.75, 3.05) is 12.4 Å². The number of Topliss-reactive ketones (excluding diaryl/α,β-unsaturated/α-hetero) is 3. The van der Waals surface area contributed by atoms with Crippen LogP contribution in [0, 0.1) is 0 Å². The lowest BCUT2D eigenvalue weighted by molar-refractivity contribution is 0.0790. The number of carbonyl (C=O) groups is 5. The normalized spacial score (nSPS) is 17.9. The van der Waals surface area contributed by atoms with E-state index in [1.165, 1.54) is 6.07 Å². The molecule has 0 aliphatic heterocycles. The van der Waals surface area contributed by atoms with Crippen LogP contribution in [-0.4, -0.2) is 62.8 Å². The number of para-hydroxylation sites is 1. The minimum atomic E-state index is -2.25. The van der Waals surface area contributed by atoms with Crippen LogP contribution in [0.5, 0.6) is 17.2 Å². The molecule has 7 rings (SSSR count). The van der Waals surface area contributed by atoms with Gasteiger partial charge in [0.1, 0.15) is 22.7 Å². The van der Waals surface area contributed by atoms with Crippen LogP contribution in [-0.2, 0) is 16.6 Å². The summed E-state index contributed by atoms with van der Waals surface area (Å²) in [5.74, 6) is -7.22. The van der Waals surface area contributed by atoms with E-state index in [0.29, 0.717) is 5.69 Å². The number of phenols is 3. The Hall–Kier alpha value is -6.28. The second-order valence-corrected chi connectivity index (χ2v) is 11.6. The number of aromatic amines is 1. The first kappa shape index (κ1) is 30.4. The summed E-state index contributed by atoms with van der Waals surface area (Å²) in [6.07, 6.45) is 1.59. The number of ketones is 4. The molecule has 0 bridgehead atoms. The number of fused-ring (bicyclic) bond motifs is 5. The predicted octanol–water partition coefficient (Wildman–Crippen LogP) is 3.63. The summed E-state index contributed by atoms with van der Waals surface area (Å²) in [6, 6.07) is 9.29. The van der Waals surface area contributed by atoms with Crippen LogP contribution in [0.1, 0.15) is 64.7 Å². The molecular formula is C33H21ClN4O10. The van der Waals surface area contributed by atoms with Crippen molar-refractivity contribution in [1.82, 2.24) is 10.4 Å². The van der Waals surface area contributed by atoms with E-state index >= 15 is 0 Å². The molecule has 15 heteroatoms. The minimum Gasteiger partial charge on any atom is -0.507 e. The summed E-state index contributed by atoms with van der Waals surface area (Å²) >= 11 is 6.76. The number of allylic oxidation sites excluding steroid dienone is 2. The second kappa shape index (κ2) is 10.6. The number of halogens is 1. The van der Waals surface area contributed by atoms with E-state index in [0.717, 1.165) is 19.4 Å². The number of nitrogens with zero attached hydrogens (tertiary/aromatic N) is 1. The van der Waals surface area contributed by atoms with E-state index in [4.69, 9.17) is 16.3 Å². The van der Waals surface area contributed by atoms with Gasteiger partial charge in [-0.25, -0.2) is 10.2 Å². The highest BCUT2D eigenvalue weighted by atomic mass is 35.5. The highest BCUT2D eigenvalue weighted by Crippen LogP contribution is 2.58. The zero-order valence-electron chi connectivity index (χ0n) is 24.6. The quantitative estimate of drug-likeness (QED) is 0.0801. The van der Waals surface area contributed by atoms with Gasteiger partial charge in [-0.1, -0.05) is 29.8 Å². The van der Waals surface area contributed by atoms with Crippen LogP contribution >= 0.6 is 11.6 Å². The number of methoxy groups -OCH3 is 1. The number of hydrogen-bond acceptors (Lipinski definition) is 11. The molecule has 6 N–H and O–H groups in total. The van der Waals surface area contributed by atoms with Gasteiger partial charge in [-0.2, -0.15) is 5.10 Å². The Bertz CT molecular complexity index is 2340. The number of H-pyrrole nitrogens is 1. The third kappa shape index (κ3) is 4.02. The number of hydrogen-bond donors (Lipinski definition) is 6. The van der Waals surface area contributed by atoms with Crippen molar-refractivity contribution < 1.29 is 44.0 Å². The van der Waals surface area contributed by atoms with Crippen LogP contribution in [0.25, 0.3) is 10.8 Å². The summed E-state index contributed by atoms with van der Waals surface area (Å²) in [5.41, 5.74) is -3.18. The number of ether oxygens (including phenoxy) is 1. The Morgan fingerprint density at radius 1 is 0.979 bits per heavy atom. The molecule has 0 saturated heterocycles. The van der Waals surface area contributed by atoms with Gasteiger partial charge in [0.2, 0.25) is 5.78 Å². The molecule has 2 amide bonds. The number of aromatic hydroxyl groups is 3. The molecule has 0 radical (unpaired) electrons. The van der Waals surface area contributed by atoms with Crippen molar-refractivity contribution in [2.24, 2.45) is 5.10 Å². The van der Waals surface area contributed by atoms with Crippen molar-refractivity contribution >= 4 is 63.4 Å². The van der Waals surface area contributed by atoms with Crippen molar-refractivity contribution in [3.63, 3.8) is 0 Å². The van der Waals surface area contributed by atoms with Crippen LogP contribution < -0.4 is 16.3 Å². The van der Waals surface area contributed by atoms with Crippen LogP contribution in [0.4, 0.5) is 10.5 Å². The number of carbonyl (C=O) groups excluding carboxylic acids is 5. The third-order valence-electron chi connectivity index (χ3n) is 8.77. The van der Waals surface area contributed by atoms with Gasteiger partial charge >= 0.3 is 6.03 Å². The molecule has 1 aromatic heterocycles. The van der Waals surface area contributed by atoms with Crippen molar-refractivity contribution in [2.45, 2.75) is 18.3 Å². The average molecular weight is 669 g/mol. The van der Waals surface area contributed by atoms with Gasteiger partial charge in [-0.05, 0) is 36.6 Å². The van der Waals surface area contributed by atoms with Gasteiger partial charge in [0.25, 0.3) is 5.56 Å². The number of amides is 2. The largest absolute Gasteiger partial charge is 0.507 e. The lowest BCUT2D eigenvalue weighted by atomic mass is 9.76. The van der Waals surface area contributed by atoms with Gasteiger partial charge in [0.05, 0.1) is 51.7 Å². The first-order valence-electron chi connectivity index (χ1n) is 14.2. The number of rotatable bonds is 4. The molecule has 1 atom stereocenters. The van der Waals surface area contributed by atoms with Gasteiger partial charge in [0, 0.05) is 22.7 Å². The summed E-state index contributed by atoms with van der Waals surface area (Å²) in [7, 11) is 1.11. The Morgan fingerprint density at radius 3 is 2.31 bits per heavy atom. The minimum absolute atomic E-state index is 0.0466. The first-order chi connectivity index (χ1) is 22.9. The number of hydrazone groups is 1. The molecule has 3 aliphatic rings. The summed E-state index contributed by atoms with van der Waals surface area (Å²) in [4.78, 5) is 82.2. The number of phenolic OH excluding ortho intramolecular Hbond substituents is 3. The van der Waals surface area contributed by atoms with Crippen molar-refractivity contribution in [1.29, 1.82) is 0 Å². The highest BCUT2D eigenvalue weighted by molar-refractivity contribution is 6.41. The molecule has 0 unspecified atom stereocenters. The Labute approximate surface area is 273 Å². The van der Waals surface area contributed by atoms with Crippen LogP contribution in [0.2, 0.25) is 5.02 Å². The van der Waals surface area contributed by atoms with Crippen LogP contribution in [0.3, 0.4) is 0 Å². The number of pyridine rings is 1. The van der Waals surface area contributed by atoms with E-state index in [1.54, 1.807) is 30.3 Å². The van der Waals surface area contributed by atoms with Crippen molar-refractivity contribution in [3.05, 3.63) is 103 Å². The van der Waals surface area contributed by atoms with Crippen molar-refractivity contribution in [3.8, 4) is 17.2 Å². The van der Waals surface area contributed by atoms with E-state index in [-0.39, 0.29) is 45.5 Å². The SMILES string of the molecule is COC1=CC(=O)c2c(O)c3c(c(O)c2C1=O)C(=O)[C@]1(CCc2c1c(O)c1c(=O)[nH]c(C=NNC(=O)Nc4ccccc4)cc1c2Cl)C3=O. The Kier molecular flexibility index (Phi) is 6.73. The number of nitrogens with one attached hydrogen (secondary N) is 3. The average Bonchev–Trinajstić information content (AvgIpc) is 3.57. The number of urea groups is 1. The topological polar surface area (TPSA) is 225 Å². The summed E-state index contributed by atoms with van der Waals surface area (Å²) in [6.45, 7) is 0. The molecule has 0 saturated carbocycles. The summed E-state index contributed by atoms with van der Waals surface area (Å²) in [5, 5.41) is 39.9. The molecule has 14 nitrogen and oxygen atoms in total. The molecule has 3 aliphatic carbocycles. The maximum atomic E-state index is 14.2. The van der Waals surface area contributed by atoms with E-state index < -0.39 is 85.4 Å². The molecule has 1 heterocycles. The van der Waals surface area contributed by atoms with E-state index in [1.807, 2.05) is 0 Å². The maximum absolute atomic E-state index is 14.2. The monoisotopic (exact) mass is 668 g/mol. The molecule has 4 aromatic rings. The Balaban J connectivity index is 1.31. The van der Waals surface area contributed by atoms with Gasteiger partial charge in [0.15, 0.2) is 23.1 Å². The van der Waals surface area contributed by atoms with Crippen LogP contribution in [0.15, 0.2) is 58.1 Å². The molecule has 48 heavy (non-hydrogen) atoms. The fraction of sp³-hybridized carbons (Fsp3) is 0.121. The fourth-order valence-corrected chi connectivity index (χ4v) is 7.05. The fourth-order valence-electron chi connectivity index (χ4n) is 6.71. The second-order valence-electron chi connectivity index (χ2n) is 11.2. The predicted molar refractivity (Wildman–Crippen MR) is 170 cm³/mol. The van der Waals surface area contributed by atoms with Gasteiger partial charge in [-0.15, -0.1) is 0 Å². The molecule has 0 fully saturated rings. The maximum Gasteiger partial charge on any atom is 0.339 e. The van der Waals surface area contributed by atoms with Gasteiger partial charge < -0.3 is 30.4 Å². The molecular weight excluding hydrogens is 648 g/mol. The molecule has 1 spiro atoms. The summed E-state index contributed by atoms with van der Waals surface area (Å²) < 4.78 is 4.91. The smallest absolute Gasteiger partial charge is 0.339 e. The molecule has 240 valence electrons. The molecule has 3 aromatic carbocycles. The zero-order chi connectivity index (χ0) is 34.2. The third-order valence-corrected chi connectivity index (χ3v) is 9.20. The van der Waals surface area contributed by atoms with E-state index in [9.17, 15) is 44.1 Å². The lowest BCUT2D eigenvalue weighted by Crippen LogP contribution is -2.36. The lowest BCUT2D eigenvalue weighted by Gasteiger charge is -2.23.